The van der Waals surface area contributed by atoms with E-state index in [2.05, 4.69) is 15.9 Å². The van der Waals surface area contributed by atoms with Crippen LogP contribution in [0.2, 0.25) is 0 Å². The Morgan fingerprint density at radius 3 is 2.60 bits per heavy atom. The van der Waals surface area contributed by atoms with Gasteiger partial charge in [0, 0.05) is 11.4 Å². The number of aromatic nitrogens is 1. The van der Waals surface area contributed by atoms with Gasteiger partial charge in [-0.25, -0.2) is 0 Å². The van der Waals surface area contributed by atoms with Gasteiger partial charge in [-0.3, -0.25) is 9.36 Å². The van der Waals surface area contributed by atoms with Crippen LogP contribution < -0.4 is 14.8 Å². The summed E-state index contributed by atoms with van der Waals surface area (Å²) in [6.45, 7) is 2.25. The van der Waals surface area contributed by atoms with E-state index < -0.39 is 0 Å². The lowest BCUT2D eigenvalue weighted by atomic mass is 10.4. The van der Waals surface area contributed by atoms with E-state index in [1.807, 2.05) is 31.2 Å². The van der Waals surface area contributed by atoms with Crippen LogP contribution in [0.25, 0.3) is 11.6 Å². The Bertz CT molecular complexity index is 889. The SMILES string of the molecule is CCn1c(=C(C#N)C#N)s/c(=C/c2ccc(Br)s2)c1=O. The number of thiophene rings is 1. The van der Waals surface area contributed by atoms with E-state index in [0.717, 1.165) is 8.66 Å². The van der Waals surface area contributed by atoms with Gasteiger partial charge in [-0.05, 0) is 41.1 Å². The molecule has 0 aliphatic heterocycles. The van der Waals surface area contributed by atoms with Gasteiger partial charge in [0.2, 0.25) is 0 Å². The molecule has 2 aromatic heterocycles. The zero-order valence-corrected chi connectivity index (χ0v) is 13.6. The molecule has 0 saturated carbocycles. The average molecular weight is 366 g/mol. The number of hydrogen-bond acceptors (Lipinski definition) is 5. The summed E-state index contributed by atoms with van der Waals surface area (Å²) in [5, 5.41) is 17.9. The first-order valence-corrected chi connectivity index (χ1v) is 8.04. The molecule has 20 heavy (non-hydrogen) atoms. The van der Waals surface area contributed by atoms with Gasteiger partial charge in [0.15, 0.2) is 5.57 Å². The molecule has 2 aromatic rings. The van der Waals surface area contributed by atoms with Crippen molar-refractivity contribution in [3.8, 4) is 12.1 Å². The van der Waals surface area contributed by atoms with Gasteiger partial charge in [0.25, 0.3) is 5.56 Å². The van der Waals surface area contributed by atoms with Gasteiger partial charge in [0.05, 0.1) is 8.32 Å². The highest BCUT2D eigenvalue weighted by Crippen LogP contribution is 2.22. The second-order valence-corrected chi connectivity index (χ2v) is 7.23. The van der Waals surface area contributed by atoms with E-state index in [0.29, 0.717) is 15.7 Å². The van der Waals surface area contributed by atoms with Crippen LogP contribution in [0.5, 0.6) is 0 Å². The summed E-state index contributed by atoms with van der Waals surface area (Å²) >= 11 is 6.06. The summed E-state index contributed by atoms with van der Waals surface area (Å²) in [4.78, 5) is 13.2. The minimum absolute atomic E-state index is 0.0269. The molecule has 0 aliphatic carbocycles. The van der Waals surface area contributed by atoms with Gasteiger partial charge < -0.3 is 0 Å². The summed E-state index contributed by atoms with van der Waals surface area (Å²) in [5.74, 6) is 0. The fourth-order valence-corrected chi connectivity index (χ4v) is 4.20. The van der Waals surface area contributed by atoms with Gasteiger partial charge in [-0.2, -0.15) is 10.5 Å². The molecule has 4 nitrogen and oxygen atoms in total. The molecular weight excluding hydrogens is 358 g/mol. The molecule has 0 N–H and O–H groups in total. The third-order valence-electron chi connectivity index (χ3n) is 2.53. The lowest BCUT2D eigenvalue weighted by Crippen LogP contribution is -2.31. The molecule has 0 unspecified atom stereocenters. The van der Waals surface area contributed by atoms with Crippen molar-refractivity contribution in [2.45, 2.75) is 13.5 Å². The Morgan fingerprint density at radius 2 is 2.10 bits per heavy atom. The van der Waals surface area contributed by atoms with Crippen molar-refractivity contribution >= 4 is 50.3 Å². The molecule has 0 bridgehead atoms. The van der Waals surface area contributed by atoms with Crippen molar-refractivity contribution in [1.82, 2.24) is 4.57 Å². The fourth-order valence-electron chi connectivity index (χ4n) is 1.65. The monoisotopic (exact) mass is 365 g/mol. The molecule has 0 radical (unpaired) electrons. The first-order valence-electron chi connectivity index (χ1n) is 5.62. The summed E-state index contributed by atoms with van der Waals surface area (Å²) in [5.41, 5.74) is -0.194. The van der Waals surface area contributed by atoms with Gasteiger partial charge in [-0.1, -0.05) is 0 Å². The van der Waals surface area contributed by atoms with Crippen LogP contribution in [-0.4, -0.2) is 4.57 Å². The molecule has 0 aliphatic rings. The van der Waals surface area contributed by atoms with E-state index in [4.69, 9.17) is 10.5 Å². The van der Waals surface area contributed by atoms with Crippen LogP contribution in [0.1, 0.15) is 11.8 Å². The summed E-state index contributed by atoms with van der Waals surface area (Å²) in [6, 6.07) is 7.49. The molecular formula is C13H8BrN3OS2. The van der Waals surface area contributed by atoms with Crippen LogP contribution in [0, 0.1) is 22.7 Å². The molecule has 100 valence electrons. The van der Waals surface area contributed by atoms with Crippen LogP contribution in [0.4, 0.5) is 0 Å². The van der Waals surface area contributed by atoms with Gasteiger partial charge in [0.1, 0.15) is 16.8 Å². The van der Waals surface area contributed by atoms with Crippen molar-refractivity contribution < 1.29 is 0 Å². The van der Waals surface area contributed by atoms with Crippen molar-refractivity contribution in [2.75, 3.05) is 0 Å². The number of rotatable bonds is 2. The van der Waals surface area contributed by atoms with E-state index >= 15 is 0 Å². The normalized spacial score (nSPS) is 11.1. The minimum Gasteiger partial charge on any atom is -0.298 e. The fraction of sp³-hybridized carbons (Fsp3) is 0.154. The van der Waals surface area contributed by atoms with Crippen LogP contribution in [0.15, 0.2) is 20.7 Å². The topological polar surface area (TPSA) is 69.6 Å². The number of nitrogens with zero attached hydrogens (tertiary/aromatic N) is 3. The summed E-state index contributed by atoms with van der Waals surface area (Å²) < 4.78 is 3.39. The van der Waals surface area contributed by atoms with Gasteiger partial charge in [-0.15, -0.1) is 22.7 Å². The third kappa shape index (κ3) is 2.75. The van der Waals surface area contributed by atoms with Crippen LogP contribution in [0.3, 0.4) is 0 Å². The number of hydrogen-bond donors (Lipinski definition) is 0. The van der Waals surface area contributed by atoms with E-state index in [9.17, 15) is 4.79 Å². The highest BCUT2D eigenvalue weighted by molar-refractivity contribution is 9.11. The second kappa shape index (κ2) is 6.19. The van der Waals surface area contributed by atoms with E-state index in [-0.39, 0.29) is 11.1 Å². The molecule has 0 amide bonds. The summed E-state index contributed by atoms with van der Waals surface area (Å²) in [6.07, 6.45) is 1.78. The minimum atomic E-state index is -0.167. The van der Waals surface area contributed by atoms with Crippen LogP contribution >= 0.6 is 38.6 Å². The first kappa shape index (κ1) is 14.7. The maximum atomic E-state index is 12.3. The largest absolute Gasteiger partial charge is 0.298 e. The first-order chi connectivity index (χ1) is 9.60. The Kier molecular flexibility index (Phi) is 4.56. The maximum Gasteiger partial charge on any atom is 0.269 e. The predicted octanol–water partition coefficient (Wildman–Crippen LogP) is 1.78. The van der Waals surface area contributed by atoms with Crippen molar-refractivity contribution in [3.63, 3.8) is 0 Å². The molecule has 7 heteroatoms. The maximum absolute atomic E-state index is 12.3. The Balaban J connectivity index is 2.81. The molecule has 0 atom stereocenters. The standard InChI is InChI=1S/C13H8BrN3OS2/c1-2-17-12(18)10(5-9-3-4-11(14)19-9)20-13(17)8(6-15)7-16/h3-5H,2H2,1H3/b10-5+. The van der Waals surface area contributed by atoms with Crippen LogP contribution in [-0.2, 0) is 6.54 Å². The van der Waals surface area contributed by atoms with E-state index in [1.54, 1.807) is 6.08 Å². The Labute approximate surface area is 131 Å². The van der Waals surface area contributed by atoms with Crippen molar-refractivity contribution in [2.24, 2.45) is 0 Å². The number of halogens is 1. The molecule has 2 rings (SSSR count). The second-order valence-electron chi connectivity index (χ2n) is 3.71. The molecule has 0 spiro atoms. The Morgan fingerprint density at radius 1 is 1.40 bits per heavy atom. The molecule has 0 fully saturated rings. The number of nitriles is 2. The van der Waals surface area contributed by atoms with Crippen molar-refractivity contribution in [1.29, 1.82) is 10.5 Å². The predicted molar refractivity (Wildman–Crippen MR) is 83.7 cm³/mol. The number of thiazole rings is 1. The van der Waals surface area contributed by atoms with E-state index in [1.165, 1.54) is 27.2 Å². The van der Waals surface area contributed by atoms with Crippen molar-refractivity contribution in [3.05, 3.63) is 40.3 Å². The lowest BCUT2D eigenvalue weighted by Gasteiger charge is -1.93. The molecule has 0 aromatic carbocycles. The Hall–Kier alpha value is -1.67. The molecule has 2 heterocycles. The smallest absolute Gasteiger partial charge is 0.269 e. The highest BCUT2D eigenvalue weighted by Gasteiger charge is 2.07. The zero-order valence-electron chi connectivity index (χ0n) is 10.4. The quantitative estimate of drug-likeness (QED) is 0.814. The third-order valence-corrected chi connectivity index (χ3v) is 5.23. The molecule has 0 saturated heterocycles. The summed E-state index contributed by atoms with van der Waals surface area (Å²) in [7, 11) is 0. The lowest BCUT2D eigenvalue weighted by molar-refractivity contribution is 0.722. The van der Waals surface area contributed by atoms with Gasteiger partial charge >= 0.3 is 0 Å². The highest BCUT2D eigenvalue weighted by atomic mass is 79.9. The zero-order chi connectivity index (χ0) is 14.7. The average Bonchev–Trinajstić information content (AvgIpc) is 2.97.